The van der Waals surface area contributed by atoms with Gasteiger partial charge in [0, 0.05) is 0 Å². The summed E-state index contributed by atoms with van der Waals surface area (Å²) in [4.78, 5) is 40.9. The van der Waals surface area contributed by atoms with Gasteiger partial charge in [-0.05, 0) is 31.0 Å². The lowest BCUT2D eigenvalue weighted by atomic mass is 10.2. The Morgan fingerprint density at radius 2 is 1.54 bits per heavy atom. The molecule has 1 aromatic carbocycles. The van der Waals surface area contributed by atoms with E-state index in [1.54, 1.807) is 18.2 Å². The van der Waals surface area contributed by atoms with Crippen molar-refractivity contribution in [2.45, 2.75) is 20.3 Å². The number of carboxylic acid groups (broad SMARTS) is 2. The van der Waals surface area contributed by atoms with Crippen molar-refractivity contribution < 1.29 is 38.9 Å². The van der Waals surface area contributed by atoms with Crippen LogP contribution in [0.25, 0.3) is 0 Å². The van der Waals surface area contributed by atoms with Crippen LogP contribution >= 0.6 is 0 Å². The molecule has 1 aromatic rings. The molecule has 140 valence electrons. The Balaban J connectivity index is 0.000000660. The molecular formula is C14H16N4O8. The number of carbonyl (C=O) groups is 4. The van der Waals surface area contributed by atoms with Gasteiger partial charge in [-0.25, -0.2) is 19.2 Å². The minimum absolute atomic E-state index is 0.241. The molecule has 26 heavy (non-hydrogen) atoms. The SMILES string of the molecule is CCCOC(=O)N=NC(=O)Oc1cccc(C)c1.O=C(O)N=NC(=O)O. The van der Waals surface area contributed by atoms with Gasteiger partial charge in [-0.15, -0.1) is 0 Å². The highest BCUT2D eigenvalue weighted by atomic mass is 16.6. The zero-order valence-electron chi connectivity index (χ0n) is 13.9. The van der Waals surface area contributed by atoms with Gasteiger partial charge in [0.25, 0.3) is 0 Å². The van der Waals surface area contributed by atoms with E-state index >= 15 is 0 Å². The van der Waals surface area contributed by atoms with Crippen molar-refractivity contribution >= 4 is 24.4 Å². The van der Waals surface area contributed by atoms with Crippen LogP contribution in [0.3, 0.4) is 0 Å². The first-order valence-corrected chi connectivity index (χ1v) is 6.99. The van der Waals surface area contributed by atoms with E-state index in [1.807, 2.05) is 19.9 Å². The second kappa shape index (κ2) is 12.7. The third-order valence-electron chi connectivity index (χ3n) is 2.06. The molecule has 0 aliphatic heterocycles. The van der Waals surface area contributed by atoms with Crippen LogP contribution in [0.15, 0.2) is 44.7 Å². The first kappa shape index (κ1) is 22.3. The summed E-state index contributed by atoms with van der Waals surface area (Å²) in [6.45, 7) is 3.95. The molecule has 0 bridgehead atoms. The van der Waals surface area contributed by atoms with Crippen LogP contribution in [0.5, 0.6) is 5.75 Å². The van der Waals surface area contributed by atoms with Crippen LogP contribution in [0.2, 0.25) is 0 Å². The van der Waals surface area contributed by atoms with E-state index in [9.17, 15) is 19.2 Å². The number of benzene rings is 1. The lowest BCUT2D eigenvalue weighted by Gasteiger charge is -2.00. The molecule has 0 saturated carbocycles. The van der Waals surface area contributed by atoms with Gasteiger partial charge in [0.1, 0.15) is 5.75 Å². The average molecular weight is 368 g/mol. The summed E-state index contributed by atoms with van der Waals surface area (Å²) in [5, 5.41) is 26.0. The normalized spacial score (nSPS) is 10.1. The molecule has 0 aliphatic rings. The van der Waals surface area contributed by atoms with Gasteiger partial charge in [0.15, 0.2) is 0 Å². The number of nitrogens with zero attached hydrogens (tertiary/aromatic N) is 4. The first-order valence-electron chi connectivity index (χ1n) is 6.99. The van der Waals surface area contributed by atoms with Crippen LogP contribution in [-0.2, 0) is 4.74 Å². The number of aryl methyl sites for hydroxylation is 1. The third kappa shape index (κ3) is 12.8. The fraction of sp³-hybridized carbons (Fsp3) is 0.286. The van der Waals surface area contributed by atoms with Crippen molar-refractivity contribution in [2.24, 2.45) is 20.5 Å². The predicted molar refractivity (Wildman–Crippen MR) is 84.6 cm³/mol. The second-order valence-corrected chi connectivity index (χ2v) is 4.26. The van der Waals surface area contributed by atoms with E-state index in [2.05, 4.69) is 25.2 Å². The van der Waals surface area contributed by atoms with Gasteiger partial charge < -0.3 is 19.7 Å². The van der Waals surface area contributed by atoms with Crippen LogP contribution in [0, 0.1) is 6.92 Å². The number of rotatable bonds is 3. The number of hydrogen-bond acceptors (Lipinski definition) is 6. The molecule has 0 radical (unpaired) electrons. The highest BCUT2D eigenvalue weighted by molar-refractivity contribution is 5.74. The molecular weight excluding hydrogens is 352 g/mol. The van der Waals surface area contributed by atoms with Crippen LogP contribution in [0.1, 0.15) is 18.9 Å². The maximum atomic E-state index is 11.2. The van der Waals surface area contributed by atoms with E-state index in [4.69, 9.17) is 14.9 Å². The second-order valence-electron chi connectivity index (χ2n) is 4.26. The molecule has 0 heterocycles. The molecule has 0 aliphatic carbocycles. The first-order chi connectivity index (χ1) is 12.2. The highest BCUT2D eigenvalue weighted by Gasteiger charge is 2.05. The van der Waals surface area contributed by atoms with Gasteiger partial charge in [-0.1, -0.05) is 39.5 Å². The topological polar surface area (TPSA) is 177 Å². The Bertz CT molecular complexity index is 686. The van der Waals surface area contributed by atoms with Crippen molar-refractivity contribution in [1.29, 1.82) is 0 Å². The molecule has 12 nitrogen and oxygen atoms in total. The molecule has 12 heteroatoms. The fourth-order valence-corrected chi connectivity index (χ4v) is 1.19. The quantitative estimate of drug-likeness (QED) is 0.742. The Morgan fingerprint density at radius 1 is 0.962 bits per heavy atom. The van der Waals surface area contributed by atoms with Crippen molar-refractivity contribution in [3.05, 3.63) is 29.8 Å². The maximum absolute atomic E-state index is 11.2. The third-order valence-corrected chi connectivity index (χ3v) is 2.06. The Hall–Kier alpha value is -3.70. The van der Waals surface area contributed by atoms with Gasteiger partial charge >= 0.3 is 24.4 Å². The molecule has 0 aromatic heterocycles. The van der Waals surface area contributed by atoms with E-state index in [-0.39, 0.29) is 6.61 Å². The Kier molecular flexibility index (Phi) is 10.9. The smallest absolute Gasteiger partial charge is 0.458 e. The Labute approximate surface area is 147 Å². The molecule has 0 fully saturated rings. The maximum Gasteiger partial charge on any atom is 0.458 e. The summed E-state index contributed by atoms with van der Waals surface area (Å²) in [6, 6.07) is 6.88. The van der Waals surface area contributed by atoms with Crippen molar-refractivity contribution in [3.63, 3.8) is 0 Å². The van der Waals surface area contributed by atoms with Crippen LogP contribution in [0.4, 0.5) is 19.2 Å². The molecule has 0 saturated heterocycles. The molecule has 2 N–H and O–H groups in total. The summed E-state index contributed by atoms with van der Waals surface area (Å²) >= 11 is 0. The highest BCUT2D eigenvalue weighted by Crippen LogP contribution is 2.12. The fourth-order valence-electron chi connectivity index (χ4n) is 1.19. The van der Waals surface area contributed by atoms with Gasteiger partial charge in [0.05, 0.1) is 6.61 Å². The molecule has 4 amide bonds. The lowest BCUT2D eigenvalue weighted by Crippen LogP contribution is -2.04. The summed E-state index contributed by atoms with van der Waals surface area (Å²) in [5.41, 5.74) is 0.944. The van der Waals surface area contributed by atoms with Gasteiger partial charge in [-0.2, -0.15) is 0 Å². The van der Waals surface area contributed by atoms with E-state index in [0.717, 1.165) is 5.56 Å². The zero-order chi connectivity index (χ0) is 19.9. The van der Waals surface area contributed by atoms with Crippen molar-refractivity contribution in [2.75, 3.05) is 6.61 Å². The van der Waals surface area contributed by atoms with Gasteiger partial charge in [-0.3, -0.25) is 0 Å². The van der Waals surface area contributed by atoms with E-state index in [0.29, 0.717) is 12.2 Å². The lowest BCUT2D eigenvalue weighted by molar-refractivity contribution is 0.154. The summed E-state index contributed by atoms with van der Waals surface area (Å²) in [5.74, 6) is 0.348. The van der Waals surface area contributed by atoms with Crippen LogP contribution < -0.4 is 4.74 Å². The van der Waals surface area contributed by atoms with E-state index in [1.165, 1.54) is 0 Å². The summed E-state index contributed by atoms with van der Waals surface area (Å²) < 4.78 is 9.45. The standard InChI is InChI=1S/C12H14N2O4.C2H2N2O4/c1-3-7-17-11(15)13-14-12(16)18-10-6-4-5-9(2)8-10;5-1(6)3-4-2(7)8/h4-6,8H,3,7H2,1-2H3;(H,5,6)(H,7,8). The minimum Gasteiger partial charge on any atom is -0.462 e. The summed E-state index contributed by atoms with van der Waals surface area (Å²) in [7, 11) is 0. The minimum atomic E-state index is -1.62. The molecule has 1 rings (SSSR count). The Morgan fingerprint density at radius 3 is 2.04 bits per heavy atom. The number of ether oxygens (including phenoxy) is 2. The molecule has 0 unspecified atom stereocenters. The number of carbonyl (C=O) groups excluding carboxylic acids is 2. The van der Waals surface area contributed by atoms with Crippen molar-refractivity contribution in [3.8, 4) is 5.75 Å². The number of azo groups is 2. The van der Waals surface area contributed by atoms with Gasteiger partial charge in [0.2, 0.25) is 0 Å². The number of amides is 4. The monoisotopic (exact) mass is 368 g/mol. The largest absolute Gasteiger partial charge is 0.462 e. The summed E-state index contributed by atoms with van der Waals surface area (Å²) in [6.07, 6.45) is -4.43. The van der Waals surface area contributed by atoms with E-state index < -0.39 is 24.4 Å². The number of hydrogen-bond donors (Lipinski definition) is 2. The van der Waals surface area contributed by atoms with Crippen molar-refractivity contribution in [1.82, 2.24) is 0 Å². The molecule has 0 spiro atoms. The van der Waals surface area contributed by atoms with Crippen LogP contribution in [-0.4, -0.2) is 41.2 Å². The molecule has 0 atom stereocenters. The zero-order valence-corrected chi connectivity index (χ0v) is 13.9. The average Bonchev–Trinajstić information content (AvgIpc) is 2.57. The predicted octanol–water partition coefficient (Wildman–Crippen LogP) is 4.29.